The highest BCUT2D eigenvalue weighted by Gasteiger charge is 2.31. The highest BCUT2D eigenvalue weighted by atomic mass is 16.2. The van der Waals surface area contributed by atoms with Gasteiger partial charge in [-0.05, 0) is 37.5 Å². The first-order chi connectivity index (χ1) is 9.88. The van der Waals surface area contributed by atoms with Gasteiger partial charge in [-0.25, -0.2) is 0 Å². The van der Waals surface area contributed by atoms with Crippen molar-refractivity contribution in [2.75, 3.05) is 10.6 Å². The normalized spacial score (nSPS) is 16.5. The number of hydrogen-bond acceptors (Lipinski definition) is 3. The van der Waals surface area contributed by atoms with Gasteiger partial charge in [0.1, 0.15) is 0 Å². The molecule has 1 saturated carbocycles. The molecule has 1 fully saturated rings. The molecule has 0 unspecified atom stereocenters. The fourth-order valence-electron chi connectivity index (χ4n) is 2.81. The largest absolute Gasteiger partial charge is 0.326 e. The molecule has 0 saturated heterocycles. The van der Waals surface area contributed by atoms with Crippen molar-refractivity contribution in [3.05, 3.63) is 23.8 Å². The molecule has 1 aromatic carbocycles. The number of anilines is 2. The number of amides is 2. The number of aryl methyl sites for hydroxylation is 1. The summed E-state index contributed by atoms with van der Waals surface area (Å²) in [7, 11) is 0. The fourth-order valence-corrected chi connectivity index (χ4v) is 2.81. The molecule has 114 valence electrons. The number of benzene rings is 1. The topological polar surface area (TPSA) is 84.2 Å². The molecular formula is C16H23N3O2. The van der Waals surface area contributed by atoms with Crippen LogP contribution in [-0.2, 0) is 9.59 Å². The van der Waals surface area contributed by atoms with Crippen LogP contribution in [0.3, 0.4) is 0 Å². The van der Waals surface area contributed by atoms with Crippen LogP contribution >= 0.6 is 0 Å². The minimum atomic E-state index is -0.354. The molecule has 0 aliphatic heterocycles. The van der Waals surface area contributed by atoms with Crippen LogP contribution in [0, 0.1) is 6.92 Å². The van der Waals surface area contributed by atoms with E-state index in [9.17, 15) is 9.59 Å². The Morgan fingerprint density at radius 1 is 1.24 bits per heavy atom. The molecule has 5 nitrogen and oxygen atoms in total. The van der Waals surface area contributed by atoms with Crippen molar-refractivity contribution in [1.82, 2.24) is 0 Å². The second-order valence-electron chi connectivity index (χ2n) is 6.01. The predicted octanol–water partition coefficient (Wildman–Crippen LogP) is 2.55. The first kappa shape index (κ1) is 15.5. The summed E-state index contributed by atoms with van der Waals surface area (Å²) in [5.41, 5.74) is 8.22. The third kappa shape index (κ3) is 4.29. The van der Waals surface area contributed by atoms with Crippen molar-refractivity contribution in [3.63, 3.8) is 0 Å². The van der Waals surface area contributed by atoms with Crippen molar-refractivity contribution in [2.24, 2.45) is 5.73 Å². The van der Waals surface area contributed by atoms with E-state index in [-0.39, 0.29) is 17.4 Å². The van der Waals surface area contributed by atoms with Crippen molar-refractivity contribution >= 4 is 23.2 Å². The summed E-state index contributed by atoms with van der Waals surface area (Å²) in [4.78, 5) is 23.3. The zero-order valence-corrected chi connectivity index (χ0v) is 12.7. The van der Waals surface area contributed by atoms with Gasteiger partial charge in [0.15, 0.2) is 0 Å². The molecule has 2 amide bonds. The molecule has 21 heavy (non-hydrogen) atoms. The second kappa shape index (κ2) is 6.26. The zero-order chi connectivity index (χ0) is 15.5. The molecule has 0 aromatic heterocycles. The summed E-state index contributed by atoms with van der Waals surface area (Å²) in [6, 6.07) is 5.45. The maximum Gasteiger partial charge on any atom is 0.226 e. The average molecular weight is 289 g/mol. The molecule has 0 bridgehead atoms. The van der Waals surface area contributed by atoms with Crippen LogP contribution in [0.5, 0.6) is 0 Å². The van der Waals surface area contributed by atoms with Crippen molar-refractivity contribution in [3.8, 4) is 0 Å². The van der Waals surface area contributed by atoms with Crippen molar-refractivity contribution < 1.29 is 9.59 Å². The van der Waals surface area contributed by atoms with Gasteiger partial charge in [0, 0.05) is 30.3 Å². The fraction of sp³-hybridized carbons (Fsp3) is 0.500. The molecule has 0 heterocycles. The summed E-state index contributed by atoms with van der Waals surface area (Å²) in [6.07, 6.45) is 4.36. The lowest BCUT2D eigenvalue weighted by Crippen LogP contribution is -2.40. The number of rotatable bonds is 4. The number of hydrogen-bond donors (Lipinski definition) is 3. The van der Waals surface area contributed by atoms with Crippen LogP contribution in [0.15, 0.2) is 18.2 Å². The highest BCUT2D eigenvalue weighted by Crippen LogP contribution is 2.30. The molecule has 2 rings (SSSR count). The third-order valence-electron chi connectivity index (χ3n) is 3.94. The van der Waals surface area contributed by atoms with Gasteiger partial charge in [-0.2, -0.15) is 0 Å². The molecule has 0 spiro atoms. The number of carbonyl (C=O) groups is 2. The number of nitrogens with two attached hydrogens (primary N) is 1. The maximum absolute atomic E-state index is 12.2. The van der Waals surface area contributed by atoms with E-state index in [1.54, 1.807) is 6.07 Å². The van der Waals surface area contributed by atoms with Crippen molar-refractivity contribution in [1.29, 1.82) is 0 Å². The Bertz CT molecular complexity index is 548. The molecule has 1 aromatic rings. The molecule has 1 aliphatic rings. The molecule has 0 atom stereocenters. The van der Waals surface area contributed by atoms with Crippen LogP contribution in [0.4, 0.5) is 11.4 Å². The maximum atomic E-state index is 12.2. The summed E-state index contributed by atoms with van der Waals surface area (Å²) < 4.78 is 0. The molecule has 0 radical (unpaired) electrons. The summed E-state index contributed by atoms with van der Waals surface area (Å²) >= 11 is 0. The van der Waals surface area contributed by atoms with E-state index in [1.807, 2.05) is 19.1 Å². The van der Waals surface area contributed by atoms with E-state index in [2.05, 4.69) is 10.6 Å². The van der Waals surface area contributed by atoms with E-state index in [0.717, 1.165) is 31.2 Å². The number of nitrogens with one attached hydrogen (secondary N) is 2. The van der Waals surface area contributed by atoms with E-state index in [1.165, 1.54) is 6.92 Å². The summed E-state index contributed by atoms with van der Waals surface area (Å²) in [5.74, 6) is -0.203. The van der Waals surface area contributed by atoms with Gasteiger partial charge in [0.2, 0.25) is 11.8 Å². The number of carbonyl (C=O) groups excluding carboxylic acids is 2. The van der Waals surface area contributed by atoms with E-state index in [0.29, 0.717) is 17.8 Å². The van der Waals surface area contributed by atoms with E-state index >= 15 is 0 Å². The lowest BCUT2D eigenvalue weighted by atomic mass is 9.94. The Kier molecular flexibility index (Phi) is 4.63. The van der Waals surface area contributed by atoms with Crippen LogP contribution in [0.2, 0.25) is 0 Å². The van der Waals surface area contributed by atoms with Gasteiger partial charge >= 0.3 is 0 Å². The summed E-state index contributed by atoms with van der Waals surface area (Å²) in [6.45, 7) is 3.37. The van der Waals surface area contributed by atoms with Gasteiger partial charge in [-0.3, -0.25) is 9.59 Å². The standard InChI is InChI=1S/C16H23N3O2/c1-11-5-6-13(18-12(2)20)9-14(11)19-15(21)10-16(17)7-3-4-8-16/h5-6,9H,3-4,7-8,10,17H2,1-2H3,(H,18,20)(H,19,21). The van der Waals surface area contributed by atoms with Crippen LogP contribution in [0.1, 0.15) is 44.6 Å². The lowest BCUT2D eigenvalue weighted by molar-refractivity contribution is -0.117. The Hall–Kier alpha value is -1.88. The van der Waals surface area contributed by atoms with Crippen LogP contribution in [0.25, 0.3) is 0 Å². The predicted molar refractivity (Wildman–Crippen MR) is 84.1 cm³/mol. The minimum Gasteiger partial charge on any atom is -0.326 e. The molecule has 4 N–H and O–H groups in total. The first-order valence-electron chi connectivity index (χ1n) is 7.35. The monoisotopic (exact) mass is 289 g/mol. The van der Waals surface area contributed by atoms with E-state index < -0.39 is 0 Å². The quantitative estimate of drug-likeness (QED) is 0.796. The Morgan fingerprint density at radius 2 is 1.90 bits per heavy atom. The Morgan fingerprint density at radius 3 is 2.52 bits per heavy atom. The second-order valence-corrected chi connectivity index (χ2v) is 6.01. The molecule has 1 aliphatic carbocycles. The SMILES string of the molecule is CC(=O)Nc1ccc(C)c(NC(=O)CC2(N)CCCC2)c1. The van der Waals surface area contributed by atoms with Crippen LogP contribution in [-0.4, -0.2) is 17.4 Å². The highest BCUT2D eigenvalue weighted by molar-refractivity contribution is 5.94. The smallest absolute Gasteiger partial charge is 0.226 e. The van der Waals surface area contributed by atoms with E-state index in [4.69, 9.17) is 5.73 Å². The third-order valence-corrected chi connectivity index (χ3v) is 3.94. The molecule has 5 heteroatoms. The average Bonchev–Trinajstić information content (AvgIpc) is 2.79. The van der Waals surface area contributed by atoms with Gasteiger partial charge in [-0.15, -0.1) is 0 Å². The molecular weight excluding hydrogens is 266 g/mol. The Balaban J connectivity index is 2.04. The van der Waals surface area contributed by atoms with Gasteiger partial charge < -0.3 is 16.4 Å². The minimum absolute atomic E-state index is 0.0672. The lowest BCUT2D eigenvalue weighted by Gasteiger charge is -2.23. The Labute approximate surface area is 125 Å². The van der Waals surface area contributed by atoms with Gasteiger partial charge in [0.05, 0.1) is 0 Å². The first-order valence-corrected chi connectivity index (χ1v) is 7.35. The van der Waals surface area contributed by atoms with Crippen molar-refractivity contribution in [2.45, 2.75) is 51.5 Å². The van der Waals surface area contributed by atoms with Gasteiger partial charge in [-0.1, -0.05) is 18.9 Å². The van der Waals surface area contributed by atoms with Crippen LogP contribution < -0.4 is 16.4 Å². The van der Waals surface area contributed by atoms with Gasteiger partial charge in [0.25, 0.3) is 0 Å². The summed E-state index contributed by atoms with van der Waals surface area (Å²) in [5, 5.41) is 5.62. The zero-order valence-electron chi connectivity index (χ0n) is 12.7.